The number of furan rings is 1. The minimum absolute atomic E-state index is 0.0706. The summed E-state index contributed by atoms with van der Waals surface area (Å²) < 4.78 is 5.65. The fourth-order valence-corrected chi connectivity index (χ4v) is 3.07. The maximum atomic E-state index is 12.8. The summed E-state index contributed by atoms with van der Waals surface area (Å²) in [5, 5.41) is 17.7. The third-order valence-corrected chi connectivity index (χ3v) is 4.36. The Balaban J connectivity index is 1.77. The molecule has 0 bridgehead atoms. The Hall–Kier alpha value is -4.22. The largest absolute Gasteiger partial charge is 0.457 e. The number of rotatable bonds is 2. The molecule has 3 aromatic rings. The molecule has 2 aromatic carbocycles. The van der Waals surface area contributed by atoms with Crippen LogP contribution in [0.4, 0.5) is 0 Å². The standard InChI is InChI=1S/C22H10N2O3/c23-11-13(12-24)9-15-6-8-20(27-15)14-5-7-18-19(10-14)22(26)17-4-2-1-3-16(17)21(18)25/h1-10H. The van der Waals surface area contributed by atoms with Crippen LogP contribution >= 0.6 is 0 Å². The maximum absolute atomic E-state index is 12.8. The summed E-state index contributed by atoms with van der Waals surface area (Å²) in [6.07, 6.45) is 1.34. The van der Waals surface area contributed by atoms with E-state index >= 15 is 0 Å². The SMILES string of the molecule is N#CC(C#N)=Cc1ccc(-c2ccc3c(c2)C(=O)c2ccccc2C3=O)o1. The normalized spacial score (nSPS) is 11.8. The minimum Gasteiger partial charge on any atom is -0.457 e. The van der Waals surface area contributed by atoms with Crippen LogP contribution in [0.3, 0.4) is 0 Å². The predicted octanol–water partition coefficient (Wildman–Crippen LogP) is 4.15. The molecular formula is C22H10N2O3. The summed E-state index contributed by atoms with van der Waals surface area (Å²) in [7, 11) is 0. The molecule has 0 saturated heterocycles. The van der Waals surface area contributed by atoms with Crippen LogP contribution in [0.2, 0.25) is 0 Å². The highest BCUT2D eigenvalue weighted by atomic mass is 16.3. The van der Waals surface area contributed by atoms with Crippen LogP contribution in [-0.2, 0) is 0 Å². The summed E-state index contributed by atoms with van der Waals surface area (Å²) >= 11 is 0. The third-order valence-electron chi connectivity index (χ3n) is 4.36. The fraction of sp³-hybridized carbons (Fsp3) is 0. The Morgan fingerprint density at radius 2 is 1.44 bits per heavy atom. The van der Waals surface area contributed by atoms with Crippen molar-refractivity contribution in [3.8, 4) is 23.5 Å². The molecule has 0 fully saturated rings. The lowest BCUT2D eigenvalue weighted by Gasteiger charge is -2.17. The van der Waals surface area contributed by atoms with Crippen LogP contribution in [0.1, 0.15) is 37.6 Å². The maximum Gasteiger partial charge on any atom is 0.194 e. The van der Waals surface area contributed by atoms with Crippen molar-refractivity contribution < 1.29 is 14.0 Å². The van der Waals surface area contributed by atoms with Crippen LogP contribution in [0.15, 0.2) is 64.6 Å². The van der Waals surface area contributed by atoms with Crippen molar-refractivity contribution in [1.82, 2.24) is 0 Å². The molecule has 1 aliphatic rings. The molecule has 1 aromatic heterocycles. The molecule has 0 N–H and O–H groups in total. The molecule has 1 aliphatic carbocycles. The molecule has 5 nitrogen and oxygen atoms in total. The van der Waals surface area contributed by atoms with Crippen molar-refractivity contribution in [3.63, 3.8) is 0 Å². The van der Waals surface area contributed by atoms with Gasteiger partial charge in [0.25, 0.3) is 0 Å². The van der Waals surface area contributed by atoms with Gasteiger partial charge in [-0.05, 0) is 24.3 Å². The zero-order chi connectivity index (χ0) is 19.0. The summed E-state index contributed by atoms with van der Waals surface area (Å²) in [6, 6.07) is 18.6. The zero-order valence-electron chi connectivity index (χ0n) is 13.9. The third kappa shape index (κ3) is 2.64. The second kappa shape index (κ2) is 6.25. The molecule has 5 heteroatoms. The monoisotopic (exact) mass is 350 g/mol. The van der Waals surface area contributed by atoms with Gasteiger partial charge < -0.3 is 4.42 Å². The van der Waals surface area contributed by atoms with Gasteiger partial charge in [0.2, 0.25) is 0 Å². The predicted molar refractivity (Wildman–Crippen MR) is 96.7 cm³/mol. The first kappa shape index (κ1) is 16.3. The van der Waals surface area contributed by atoms with Gasteiger partial charge in [-0.15, -0.1) is 0 Å². The summed E-state index contributed by atoms with van der Waals surface area (Å²) in [5.74, 6) is 0.444. The van der Waals surface area contributed by atoms with Crippen molar-refractivity contribution >= 4 is 17.6 Å². The van der Waals surface area contributed by atoms with E-state index in [1.54, 1.807) is 66.7 Å². The molecule has 0 unspecified atom stereocenters. The Morgan fingerprint density at radius 1 is 0.815 bits per heavy atom. The lowest BCUT2D eigenvalue weighted by atomic mass is 9.83. The van der Waals surface area contributed by atoms with Crippen LogP contribution in [0, 0.1) is 22.7 Å². The number of benzene rings is 2. The number of allylic oxidation sites excluding steroid dienone is 1. The van der Waals surface area contributed by atoms with E-state index in [2.05, 4.69) is 0 Å². The van der Waals surface area contributed by atoms with Crippen LogP contribution in [0.5, 0.6) is 0 Å². The first-order chi connectivity index (χ1) is 13.1. The average Bonchev–Trinajstić information content (AvgIpc) is 3.18. The smallest absolute Gasteiger partial charge is 0.194 e. The van der Waals surface area contributed by atoms with Gasteiger partial charge >= 0.3 is 0 Å². The zero-order valence-corrected chi connectivity index (χ0v) is 13.9. The Bertz CT molecular complexity index is 1220. The van der Waals surface area contributed by atoms with E-state index in [9.17, 15) is 9.59 Å². The molecule has 0 saturated carbocycles. The molecule has 27 heavy (non-hydrogen) atoms. The van der Waals surface area contributed by atoms with Crippen molar-refractivity contribution in [2.24, 2.45) is 0 Å². The Labute approximate surface area is 154 Å². The molecule has 0 spiro atoms. The van der Waals surface area contributed by atoms with Crippen molar-refractivity contribution in [2.45, 2.75) is 0 Å². The van der Waals surface area contributed by atoms with E-state index < -0.39 is 0 Å². The number of nitrogens with zero attached hydrogens (tertiary/aromatic N) is 2. The number of carbonyl (C=O) groups is 2. The Kier molecular flexibility index (Phi) is 3.77. The quantitative estimate of drug-likeness (QED) is 0.506. The van der Waals surface area contributed by atoms with Gasteiger partial charge in [-0.25, -0.2) is 0 Å². The van der Waals surface area contributed by atoms with Gasteiger partial charge in [0, 0.05) is 33.9 Å². The molecule has 0 aliphatic heterocycles. The van der Waals surface area contributed by atoms with Crippen molar-refractivity contribution in [1.29, 1.82) is 10.5 Å². The highest BCUT2D eigenvalue weighted by molar-refractivity contribution is 6.28. The van der Waals surface area contributed by atoms with Crippen molar-refractivity contribution in [2.75, 3.05) is 0 Å². The van der Waals surface area contributed by atoms with E-state index in [-0.39, 0.29) is 17.1 Å². The van der Waals surface area contributed by atoms with Gasteiger partial charge in [-0.3, -0.25) is 9.59 Å². The fourth-order valence-electron chi connectivity index (χ4n) is 3.07. The van der Waals surface area contributed by atoms with Gasteiger partial charge in [0.1, 0.15) is 29.2 Å². The minimum atomic E-state index is -0.204. The lowest BCUT2D eigenvalue weighted by Crippen LogP contribution is -2.20. The topological polar surface area (TPSA) is 94.9 Å². The molecular weight excluding hydrogens is 340 g/mol. The second-order valence-electron chi connectivity index (χ2n) is 5.95. The van der Waals surface area contributed by atoms with E-state index in [4.69, 9.17) is 14.9 Å². The molecule has 0 radical (unpaired) electrons. The van der Waals surface area contributed by atoms with Crippen LogP contribution in [0.25, 0.3) is 17.4 Å². The molecule has 0 atom stereocenters. The summed E-state index contributed by atoms with van der Waals surface area (Å²) in [5.41, 5.74) is 2.06. The number of hydrogen-bond acceptors (Lipinski definition) is 5. The molecule has 1 heterocycles. The highest BCUT2D eigenvalue weighted by Gasteiger charge is 2.29. The van der Waals surface area contributed by atoms with Gasteiger partial charge in [0.05, 0.1) is 0 Å². The first-order valence-corrected chi connectivity index (χ1v) is 8.07. The Morgan fingerprint density at radius 3 is 2.11 bits per heavy atom. The number of fused-ring (bicyclic) bond motifs is 2. The van der Waals surface area contributed by atoms with Gasteiger partial charge in [-0.1, -0.05) is 30.3 Å². The van der Waals surface area contributed by atoms with Gasteiger partial charge in [-0.2, -0.15) is 10.5 Å². The van der Waals surface area contributed by atoms with Crippen LogP contribution < -0.4 is 0 Å². The van der Waals surface area contributed by atoms with Crippen LogP contribution in [-0.4, -0.2) is 11.6 Å². The molecule has 126 valence electrons. The molecule has 0 amide bonds. The van der Waals surface area contributed by atoms with Gasteiger partial charge in [0.15, 0.2) is 11.6 Å². The van der Waals surface area contributed by atoms with Crippen molar-refractivity contribution in [3.05, 3.63) is 88.2 Å². The second-order valence-corrected chi connectivity index (χ2v) is 5.95. The average molecular weight is 350 g/mol. The van der Waals surface area contributed by atoms with E-state index in [0.29, 0.717) is 39.3 Å². The summed E-state index contributed by atoms with van der Waals surface area (Å²) in [6.45, 7) is 0. The number of nitriles is 2. The number of ketones is 2. The highest BCUT2D eigenvalue weighted by Crippen LogP contribution is 2.31. The first-order valence-electron chi connectivity index (χ1n) is 8.07. The van der Waals surface area contributed by atoms with E-state index in [1.807, 2.05) is 0 Å². The lowest BCUT2D eigenvalue weighted by molar-refractivity contribution is 0.0979. The number of carbonyl (C=O) groups excluding carboxylic acids is 2. The van der Waals surface area contributed by atoms with E-state index in [0.717, 1.165) is 0 Å². The van der Waals surface area contributed by atoms with E-state index in [1.165, 1.54) is 6.08 Å². The number of hydrogen-bond donors (Lipinski definition) is 0. The summed E-state index contributed by atoms with van der Waals surface area (Å²) in [4.78, 5) is 25.4. The molecule has 4 rings (SSSR count).